The summed E-state index contributed by atoms with van der Waals surface area (Å²) in [6.07, 6.45) is 0.753. The highest BCUT2D eigenvalue weighted by atomic mass is 19.4. The zero-order chi connectivity index (χ0) is 12.2. The van der Waals surface area contributed by atoms with Gasteiger partial charge in [-0.2, -0.15) is 0 Å². The van der Waals surface area contributed by atoms with Gasteiger partial charge in [0.15, 0.2) is 0 Å². The molecular formula is C11H13BF3O-. The van der Waals surface area contributed by atoms with E-state index in [2.05, 4.69) is 6.58 Å². The third-order valence-electron chi connectivity index (χ3n) is 2.18. The standard InChI is InChI=1S/C11H13BF3O/c1-3-9(2)8-16-11-6-4-5-10(7-11)12(13,14)15/h4-7H,2-3,8H2,1H3/q-1. The van der Waals surface area contributed by atoms with Crippen LogP contribution in [-0.4, -0.2) is 13.6 Å². The zero-order valence-corrected chi connectivity index (χ0v) is 9.05. The average molecular weight is 229 g/mol. The van der Waals surface area contributed by atoms with Crippen LogP contribution in [0.3, 0.4) is 0 Å². The Hall–Kier alpha value is -1.39. The molecule has 0 aliphatic heterocycles. The Balaban J connectivity index is 2.72. The largest absolute Gasteiger partial charge is 0.509 e. The van der Waals surface area contributed by atoms with Crippen LogP contribution in [0.1, 0.15) is 13.3 Å². The van der Waals surface area contributed by atoms with Gasteiger partial charge in [0.1, 0.15) is 12.4 Å². The Labute approximate surface area is 93.0 Å². The van der Waals surface area contributed by atoms with E-state index in [-0.39, 0.29) is 12.4 Å². The van der Waals surface area contributed by atoms with Crippen molar-refractivity contribution in [1.82, 2.24) is 0 Å². The van der Waals surface area contributed by atoms with Crippen molar-refractivity contribution in [3.63, 3.8) is 0 Å². The molecule has 0 aliphatic carbocycles. The van der Waals surface area contributed by atoms with Crippen LogP contribution in [0.2, 0.25) is 0 Å². The summed E-state index contributed by atoms with van der Waals surface area (Å²) < 4.78 is 42.5. The molecule has 1 aromatic rings. The summed E-state index contributed by atoms with van der Waals surface area (Å²) in [7, 11) is 0. The monoisotopic (exact) mass is 229 g/mol. The van der Waals surface area contributed by atoms with Crippen LogP contribution >= 0.6 is 0 Å². The van der Waals surface area contributed by atoms with Gasteiger partial charge in [-0.25, -0.2) is 0 Å². The molecule has 0 aromatic heterocycles. The van der Waals surface area contributed by atoms with Crippen LogP contribution in [0.25, 0.3) is 0 Å². The third-order valence-corrected chi connectivity index (χ3v) is 2.18. The number of benzene rings is 1. The van der Waals surface area contributed by atoms with Crippen molar-refractivity contribution in [2.24, 2.45) is 0 Å². The van der Waals surface area contributed by atoms with Crippen LogP contribution in [-0.2, 0) is 0 Å². The highest BCUT2D eigenvalue weighted by molar-refractivity contribution is 6.73. The molecule has 0 fully saturated rings. The molecule has 0 atom stereocenters. The molecule has 0 saturated heterocycles. The van der Waals surface area contributed by atoms with Gasteiger partial charge in [0, 0.05) is 0 Å². The van der Waals surface area contributed by atoms with Crippen LogP contribution < -0.4 is 10.2 Å². The van der Waals surface area contributed by atoms with E-state index in [0.29, 0.717) is 0 Å². The maximum atomic E-state index is 12.4. The van der Waals surface area contributed by atoms with Crippen LogP contribution in [0.15, 0.2) is 36.4 Å². The topological polar surface area (TPSA) is 9.23 Å². The van der Waals surface area contributed by atoms with Gasteiger partial charge in [-0.15, -0.1) is 5.46 Å². The van der Waals surface area contributed by atoms with Gasteiger partial charge < -0.3 is 17.7 Å². The number of hydrogen-bond acceptors (Lipinski definition) is 1. The number of halogens is 3. The van der Waals surface area contributed by atoms with E-state index in [9.17, 15) is 12.9 Å². The summed E-state index contributed by atoms with van der Waals surface area (Å²) in [6.45, 7) is 0.927. The molecule has 0 saturated carbocycles. The molecular weight excluding hydrogens is 216 g/mol. The Morgan fingerprint density at radius 2 is 2.06 bits per heavy atom. The first-order chi connectivity index (χ1) is 7.43. The molecule has 1 aromatic carbocycles. The van der Waals surface area contributed by atoms with E-state index in [0.717, 1.165) is 24.1 Å². The quantitative estimate of drug-likeness (QED) is 0.556. The lowest BCUT2D eigenvalue weighted by Crippen LogP contribution is -2.33. The summed E-state index contributed by atoms with van der Waals surface area (Å²) in [4.78, 5) is 0. The predicted octanol–water partition coefficient (Wildman–Crippen LogP) is 3.09. The molecule has 0 bridgehead atoms. The van der Waals surface area contributed by atoms with E-state index in [4.69, 9.17) is 4.74 Å². The van der Waals surface area contributed by atoms with Crippen molar-refractivity contribution in [3.8, 4) is 5.75 Å². The van der Waals surface area contributed by atoms with E-state index in [1.165, 1.54) is 12.1 Å². The Bertz CT molecular complexity index is 374. The van der Waals surface area contributed by atoms with Crippen molar-refractivity contribution < 1.29 is 17.7 Å². The fourth-order valence-corrected chi connectivity index (χ4v) is 1.10. The van der Waals surface area contributed by atoms with Crippen molar-refractivity contribution in [2.75, 3.05) is 6.61 Å². The minimum absolute atomic E-state index is 0.228. The fourth-order valence-electron chi connectivity index (χ4n) is 1.10. The maximum Gasteiger partial charge on any atom is 0.509 e. The van der Waals surface area contributed by atoms with Crippen molar-refractivity contribution in [1.29, 1.82) is 0 Å². The molecule has 0 heterocycles. The molecule has 5 heteroatoms. The molecule has 0 aliphatic rings. The molecule has 88 valence electrons. The summed E-state index contributed by atoms with van der Waals surface area (Å²) in [5.74, 6) is 0.228. The Morgan fingerprint density at radius 3 is 2.62 bits per heavy atom. The van der Waals surface area contributed by atoms with Crippen molar-refractivity contribution in [2.45, 2.75) is 13.3 Å². The molecule has 1 nitrogen and oxygen atoms in total. The van der Waals surface area contributed by atoms with Gasteiger partial charge in [0.2, 0.25) is 0 Å². The van der Waals surface area contributed by atoms with Crippen LogP contribution in [0, 0.1) is 0 Å². The van der Waals surface area contributed by atoms with Crippen LogP contribution in [0.5, 0.6) is 5.75 Å². The Kier molecular flexibility index (Phi) is 4.04. The summed E-state index contributed by atoms with van der Waals surface area (Å²) >= 11 is 0. The summed E-state index contributed by atoms with van der Waals surface area (Å²) in [5, 5.41) is 0. The van der Waals surface area contributed by atoms with E-state index in [1.807, 2.05) is 6.92 Å². The minimum Gasteiger partial charge on any atom is -0.489 e. The highest BCUT2D eigenvalue weighted by Crippen LogP contribution is 2.15. The first-order valence-electron chi connectivity index (χ1n) is 5.03. The molecule has 0 amide bonds. The molecule has 0 N–H and O–H groups in total. The van der Waals surface area contributed by atoms with Gasteiger partial charge >= 0.3 is 6.98 Å². The zero-order valence-electron chi connectivity index (χ0n) is 9.05. The van der Waals surface area contributed by atoms with E-state index < -0.39 is 12.4 Å². The minimum atomic E-state index is -4.96. The van der Waals surface area contributed by atoms with E-state index >= 15 is 0 Å². The van der Waals surface area contributed by atoms with Crippen molar-refractivity contribution in [3.05, 3.63) is 36.4 Å². The number of ether oxygens (including phenoxy) is 1. The van der Waals surface area contributed by atoms with Crippen LogP contribution in [0.4, 0.5) is 12.9 Å². The molecule has 0 radical (unpaired) electrons. The van der Waals surface area contributed by atoms with Gasteiger partial charge in [0.25, 0.3) is 0 Å². The first-order valence-corrected chi connectivity index (χ1v) is 5.03. The second-order valence-corrected chi connectivity index (χ2v) is 3.54. The van der Waals surface area contributed by atoms with Gasteiger partial charge in [-0.05, 0) is 24.1 Å². The second-order valence-electron chi connectivity index (χ2n) is 3.54. The second kappa shape index (κ2) is 5.10. The smallest absolute Gasteiger partial charge is 0.489 e. The maximum absolute atomic E-state index is 12.4. The van der Waals surface area contributed by atoms with Gasteiger partial charge in [0.05, 0.1) is 0 Å². The number of rotatable bonds is 5. The normalized spacial score (nSPS) is 11.2. The lowest BCUT2D eigenvalue weighted by Gasteiger charge is -2.16. The summed E-state index contributed by atoms with van der Waals surface area (Å²) in [6, 6.07) is 4.91. The predicted molar refractivity (Wildman–Crippen MR) is 60.1 cm³/mol. The fraction of sp³-hybridized carbons (Fsp3) is 0.273. The van der Waals surface area contributed by atoms with Gasteiger partial charge in [-0.1, -0.05) is 25.6 Å². The van der Waals surface area contributed by atoms with Crippen molar-refractivity contribution >= 4 is 12.4 Å². The third kappa shape index (κ3) is 3.64. The lowest BCUT2D eigenvalue weighted by molar-refractivity contribution is 0.349. The SMILES string of the molecule is C=C(CC)COc1cccc([B-](F)(F)F)c1. The molecule has 0 unspecified atom stereocenters. The molecule has 0 spiro atoms. The lowest BCUT2D eigenvalue weighted by atomic mass is 9.80. The average Bonchev–Trinajstić information content (AvgIpc) is 2.25. The first kappa shape index (κ1) is 12.7. The Morgan fingerprint density at radius 1 is 1.38 bits per heavy atom. The van der Waals surface area contributed by atoms with Gasteiger partial charge in [-0.3, -0.25) is 0 Å². The summed E-state index contributed by atoms with van der Waals surface area (Å²) in [5.41, 5.74) is 0.211. The molecule has 16 heavy (non-hydrogen) atoms. The molecule has 1 rings (SSSR count). The number of hydrogen-bond donors (Lipinski definition) is 0. The van der Waals surface area contributed by atoms with E-state index in [1.54, 1.807) is 0 Å². The highest BCUT2D eigenvalue weighted by Gasteiger charge is 2.25.